The maximum Gasteiger partial charge on any atom is 0.0598 e. The van der Waals surface area contributed by atoms with Crippen LogP contribution in [0.3, 0.4) is 0 Å². The van der Waals surface area contributed by atoms with Crippen molar-refractivity contribution in [2.45, 2.75) is 19.3 Å². The minimum atomic E-state index is 0.519. The second-order valence-corrected chi connectivity index (χ2v) is 4.28. The first-order valence-corrected chi connectivity index (χ1v) is 5.08. The van der Waals surface area contributed by atoms with Gasteiger partial charge in [-0.2, -0.15) is 0 Å². The van der Waals surface area contributed by atoms with Crippen LogP contribution in [0, 0.1) is 17.8 Å². The number of hydrogen-bond donors (Lipinski definition) is 0. The number of terminal acetylenes is 1. The second-order valence-electron chi connectivity index (χ2n) is 4.28. The number of ether oxygens (including phenoxy) is 1. The minimum absolute atomic E-state index is 0.519. The molecule has 2 fully saturated rings. The molecule has 2 saturated heterocycles. The fourth-order valence-electron chi connectivity index (χ4n) is 2.36. The number of piperidine rings is 1. The van der Waals surface area contributed by atoms with Gasteiger partial charge in [0.15, 0.2) is 0 Å². The van der Waals surface area contributed by atoms with Crippen LogP contribution in [0.4, 0.5) is 0 Å². The molecule has 13 heavy (non-hydrogen) atoms. The van der Waals surface area contributed by atoms with E-state index >= 15 is 0 Å². The van der Waals surface area contributed by atoms with Crippen LogP contribution >= 0.6 is 0 Å². The van der Waals surface area contributed by atoms with E-state index < -0.39 is 0 Å². The summed E-state index contributed by atoms with van der Waals surface area (Å²) in [6.07, 6.45) is 9.09. The first-order chi connectivity index (χ1) is 6.35. The minimum Gasteiger partial charge on any atom is -0.381 e. The van der Waals surface area contributed by atoms with Crippen LogP contribution in [-0.2, 0) is 4.74 Å². The molecule has 0 saturated carbocycles. The van der Waals surface area contributed by atoms with Gasteiger partial charge in [0.05, 0.1) is 13.2 Å². The lowest BCUT2D eigenvalue weighted by Gasteiger charge is -2.37. The highest BCUT2D eigenvalue weighted by atomic mass is 16.5. The van der Waals surface area contributed by atoms with Gasteiger partial charge in [0.2, 0.25) is 0 Å². The highest BCUT2D eigenvalue weighted by Gasteiger charge is 2.37. The average molecular weight is 179 g/mol. The summed E-state index contributed by atoms with van der Waals surface area (Å²) < 4.78 is 5.47. The number of hydrogen-bond acceptors (Lipinski definition) is 2. The van der Waals surface area contributed by atoms with Gasteiger partial charge in [-0.1, -0.05) is 5.92 Å². The molecule has 72 valence electrons. The van der Waals surface area contributed by atoms with Crippen LogP contribution in [0.5, 0.6) is 0 Å². The third-order valence-corrected chi connectivity index (χ3v) is 3.42. The Bertz CT molecular complexity index is 203. The summed E-state index contributed by atoms with van der Waals surface area (Å²) in [7, 11) is 0. The van der Waals surface area contributed by atoms with Crippen LogP contribution in [0.1, 0.15) is 19.3 Å². The molecule has 0 aliphatic carbocycles. The van der Waals surface area contributed by atoms with E-state index in [0.717, 1.165) is 32.8 Å². The van der Waals surface area contributed by atoms with Gasteiger partial charge < -0.3 is 4.74 Å². The predicted molar refractivity (Wildman–Crippen MR) is 52.4 cm³/mol. The van der Waals surface area contributed by atoms with Crippen LogP contribution in [0.15, 0.2) is 0 Å². The lowest BCUT2D eigenvalue weighted by Crippen LogP contribution is -2.40. The third-order valence-electron chi connectivity index (χ3n) is 3.42. The molecule has 2 aliphatic rings. The molecule has 2 heterocycles. The SMILES string of the molecule is C#CCN1CCC2(CCOC2)CC1. The summed E-state index contributed by atoms with van der Waals surface area (Å²) in [4.78, 5) is 2.36. The van der Waals surface area contributed by atoms with Crippen LogP contribution in [0.2, 0.25) is 0 Å². The Balaban J connectivity index is 1.85. The van der Waals surface area contributed by atoms with Crippen molar-refractivity contribution < 1.29 is 4.74 Å². The zero-order chi connectivity index (χ0) is 9.15. The molecule has 2 heteroatoms. The van der Waals surface area contributed by atoms with Crippen molar-refractivity contribution in [3.63, 3.8) is 0 Å². The molecule has 0 unspecified atom stereocenters. The van der Waals surface area contributed by atoms with Gasteiger partial charge in [0.25, 0.3) is 0 Å². The first-order valence-electron chi connectivity index (χ1n) is 5.08. The molecule has 2 rings (SSSR count). The monoisotopic (exact) mass is 179 g/mol. The van der Waals surface area contributed by atoms with Gasteiger partial charge in [0, 0.05) is 6.61 Å². The van der Waals surface area contributed by atoms with Gasteiger partial charge >= 0.3 is 0 Å². The van der Waals surface area contributed by atoms with Crippen LogP contribution < -0.4 is 0 Å². The maximum atomic E-state index is 5.47. The standard InChI is InChI=1S/C11H17NO/c1-2-6-12-7-3-11(4-8-12)5-9-13-10-11/h1H,3-10H2. The van der Waals surface area contributed by atoms with E-state index in [-0.39, 0.29) is 0 Å². The van der Waals surface area contributed by atoms with Gasteiger partial charge in [0.1, 0.15) is 0 Å². The lowest BCUT2D eigenvalue weighted by atomic mass is 9.78. The van der Waals surface area contributed by atoms with Gasteiger partial charge in [-0.05, 0) is 37.8 Å². The largest absolute Gasteiger partial charge is 0.381 e. The molecule has 1 spiro atoms. The summed E-state index contributed by atoms with van der Waals surface area (Å²) >= 11 is 0. The maximum absolute atomic E-state index is 5.47. The Hall–Kier alpha value is -0.520. The van der Waals surface area contributed by atoms with Crippen LogP contribution in [0.25, 0.3) is 0 Å². The van der Waals surface area contributed by atoms with Crippen molar-refractivity contribution in [1.29, 1.82) is 0 Å². The molecule has 0 aromatic rings. The molecule has 0 atom stereocenters. The van der Waals surface area contributed by atoms with Crippen molar-refractivity contribution in [1.82, 2.24) is 4.90 Å². The van der Waals surface area contributed by atoms with Gasteiger partial charge in [-0.15, -0.1) is 6.42 Å². The second kappa shape index (κ2) is 3.69. The third kappa shape index (κ3) is 1.87. The molecular formula is C11H17NO. The Morgan fingerprint density at radius 1 is 1.31 bits per heavy atom. The zero-order valence-electron chi connectivity index (χ0n) is 8.09. The van der Waals surface area contributed by atoms with E-state index in [1.807, 2.05) is 0 Å². The number of likely N-dealkylation sites (tertiary alicyclic amines) is 1. The highest BCUT2D eigenvalue weighted by molar-refractivity contribution is 4.93. The fourth-order valence-corrected chi connectivity index (χ4v) is 2.36. The molecule has 0 amide bonds. The van der Waals surface area contributed by atoms with Gasteiger partial charge in [-0.25, -0.2) is 0 Å². The first kappa shape index (κ1) is 9.05. The Morgan fingerprint density at radius 2 is 2.08 bits per heavy atom. The van der Waals surface area contributed by atoms with E-state index in [1.54, 1.807) is 0 Å². The Kier molecular flexibility index (Phi) is 2.57. The topological polar surface area (TPSA) is 12.5 Å². The number of rotatable bonds is 1. The molecule has 0 bridgehead atoms. The van der Waals surface area contributed by atoms with Crippen molar-refractivity contribution >= 4 is 0 Å². The molecule has 0 aromatic carbocycles. The van der Waals surface area contributed by atoms with Crippen LogP contribution in [-0.4, -0.2) is 37.7 Å². The summed E-state index contributed by atoms with van der Waals surface area (Å²) in [6.45, 7) is 5.09. The van der Waals surface area contributed by atoms with Gasteiger partial charge in [-0.3, -0.25) is 4.90 Å². The summed E-state index contributed by atoms with van der Waals surface area (Å²) in [5.41, 5.74) is 0.519. The molecule has 0 N–H and O–H groups in total. The normalized spacial score (nSPS) is 27.6. The zero-order valence-corrected chi connectivity index (χ0v) is 8.09. The summed E-state index contributed by atoms with van der Waals surface area (Å²) in [6, 6.07) is 0. The number of nitrogens with zero attached hydrogens (tertiary/aromatic N) is 1. The molecule has 2 nitrogen and oxygen atoms in total. The Labute approximate surface area is 80.2 Å². The quantitative estimate of drug-likeness (QED) is 0.559. The van der Waals surface area contributed by atoms with E-state index in [1.165, 1.54) is 19.3 Å². The summed E-state index contributed by atoms with van der Waals surface area (Å²) in [5.74, 6) is 2.71. The Morgan fingerprint density at radius 3 is 2.62 bits per heavy atom. The smallest absolute Gasteiger partial charge is 0.0598 e. The lowest BCUT2D eigenvalue weighted by molar-refractivity contribution is 0.0869. The summed E-state index contributed by atoms with van der Waals surface area (Å²) in [5, 5.41) is 0. The highest BCUT2D eigenvalue weighted by Crippen LogP contribution is 2.38. The van der Waals surface area contributed by atoms with E-state index in [4.69, 9.17) is 11.2 Å². The van der Waals surface area contributed by atoms with E-state index in [0.29, 0.717) is 5.41 Å². The fraction of sp³-hybridized carbons (Fsp3) is 0.818. The predicted octanol–water partition coefficient (Wildman–Crippen LogP) is 1.12. The average Bonchev–Trinajstić information content (AvgIpc) is 2.59. The van der Waals surface area contributed by atoms with Crippen molar-refractivity contribution in [3.8, 4) is 12.3 Å². The molecule has 2 aliphatic heterocycles. The van der Waals surface area contributed by atoms with Crippen molar-refractivity contribution in [2.24, 2.45) is 5.41 Å². The van der Waals surface area contributed by atoms with E-state index in [9.17, 15) is 0 Å². The molecule has 0 radical (unpaired) electrons. The van der Waals surface area contributed by atoms with Crippen molar-refractivity contribution in [3.05, 3.63) is 0 Å². The van der Waals surface area contributed by atoms with Crippen molar-refractivity contribution in [2.75, 3.05) is 32.8 Å². The molecule has 0 aromatic heterocycles. The molecular weight excluding hydrogens is 162 g/mol. The van der Waals surface area contributed by atoms with E-state index in [2.05, 4.69) is 10.8 Å².